The Labute approximate surface area is 158 Å². The van der Waals surface area contributed by atoms with Crippen molar-refractivity contribution in [3.63, 3.8) is 0 Å². The molecule has 2 aromatic rings. The molecule has 0 bridgehead atoms. The first-order chi connectivity index (χ1) is 11.8. The van der Waals surface area contributed by atoms with Crippen molar-refractivity contribution >= 4 is 40.9 Å². The van der Waals surface area contributed by atoms with Gasteiger partial charge in [0.2, 0.25) is 0 Å². The molecule has 4 nitrogen and oxygen atoms in total. The van der Waals surface area contributed by atoms with E-state index in [1.165, 1.54) is 18.4 Å². The van der Waals surface area contributed by atoms with E-state index in [0.717, 1.165) is 47.3 Å². The van der Waals surface area contributed by atoms with Gasteiger partial charge >= 0.3 is 5.97 Å². The number of esters is 1. The largest absolute Gasteiger partial charge is 0.465 e. The van der Waals surface area contributed by atoms with Gasteiger partial charge in [-0.1, -0.05) is 35.6 Å². The summed E-state index contributed by atoms with van der Waals surface area (Å²) in [5.41, 5.74) is 4.21. The molecular formula is C19H26BrNO3Si. The summed E-state index contributed by atoms with van der Waals surface area (Å²) >= 11 is 3.68. The average molecular weight is 424 g/mol. The fourth-order valence-corrected chi connectivity index (χ4v) is 4.83. The van der Waals surface area contributed by atoms with Gasteiger partial charge in [-0.25, -0.2) is 4.79 Å². The molecule has 0 N–H and O–H groups in total. The van der Waals surface area contributed by atoms with Crippen LogP contribution in [0, 0.1) is 0 Å². The first-order valence-electron chi connectivity index (χ1n) is 8.82. The van der Waals surface area contributed by atoms with Crippen LogP contribution in [0.3, 0.4) is 0 Å². The van der Waals surface area contributed by atoms with Gasteiger partial charge in [0.25, 0.3) is 0 Å². The van der Waals surface area contributed by atoms with Crippen LogP contribution in [-0.2, 0) is 29.0 Å². The second kappa shape index (κ2) is 7.25. The Morgan fingerprint density at radius 1 is 1.28 bits per heavy atom. The molecule has 1 aromatic heterocycles. The molecule has 1 heterocycles. The maximum absolute atomic E-state index is 12.3. The highest BCUT2D eigenvalue weighted by atomic mass is 79.9. The van der Waals surface area contributed by atoms with Crippen LogP contribution in [0.2, 0.25) is 25.7 Å². The lowest BCUT2D eigenvalue weighted by Crippen LogP contribution is -2.22. The SMILES string of the molecule is COC(=O)c1ccc(Br)c2c3c(n(COCC[Si](C)(C)C)c12)CCC3. The van der Waals surface area contributed by atoms with E-state index in [1.54, 1.807) is 0 Å². The van der Waals surface area contributed by atoms with Crippen molar-refractivity contribution in [1.29, 1.82) is 0 Å². The van der Waals surface area contributed by atoms with Crippen LogP contribution in [0.5, 0.6) is 0 Å². The number of carbonyl (C=O) groups excluding carboxylic acids is 1. The molecule has 6 heteroatoms. The van der Waals surface area contributed by atoms with E-state index < -0.39 is 8.07 Å². The van der Waals surface area contributed by atoms with E-state index in [-0.39, 0.29) is 5.97 Å². The smallest absolute Gasteiger partial charge is 0.340 e. The van der Waals surface area contributed by atoms with Crippen molar-refractivity contribution in [2.45, 2.75) is 51.7 Å². The molecule has 0 spiro atoms. The van der Waals surface area contributed by atoms with E-state index in [1.807, 2.05) is 12.1 Å². The number of fused-ring (bicyclic) bond motifs is 3. The zero-order valence-electron chi connectivity index (χ0n) is 15.4. The topological polar surface area (TPSA) is 40.5 Å². The fourth-order valence-electron chi connectivity index (χ4n) is 3.52. The summed E-state index contributed by atoms with van der Waals surface area (Å²) < 4.78 is 14.3. The van der Waals surface area contributed by atoms with Gasteiger partial charge in [0.05, 0.1) is 18.2 Å². The number of halogens is 1. The van der Waals surface area contributed by atoms with E-state index in [0.29, 0.717) is 12.3 Å². The summed E-state index contributed by atoms with van der Waals surface area (Å²) in [6.07, 6.45) is 3.25. The van der Waals surface area contributed by atoms with Gasteiger partial charge in [0.1, 0.15) is 6.73 Å². The first-order valence-corrected chi connectivity index (χ1v) is 13.3. The molecule has 0 saturated carbocycles. The minimum absolute atomic E-state index is 0.294. The predicted molar refractivity (Wildman–Crippen MR) is 107 cm³/mol. The molecule has 0 unspecified atom stereocenters. The highest BCUT2D eigenvalue weighted by Crippen LogP contribution is 2.39. The number of benzene rings is 1. The third-order valence-electron chi connectivity index (χ3n) is 4.84. The second-order valence-corrected chi connectivity index (χ2v) is 14.3. The lowest BCUT2D eigenvalue weighted by Gasteiger charge is -2.17. The molecule has 0 radical (unpaired) electrons. The van der Waals surface area contributed by atoms with E-state index in [9.17, 15) is 4.79 Å². The highest BCUT2D eigenvalue weighted by Gasteiger charge is 2.27. The normalized spacial score (nSPS) is 14.1. The molecule has 0 amide bonds. The van der Waals surface area contributed by atoms with Crippen LogP contribution in [0.1, 0.15) is 28.0 Å². The summed E-state index contributed by atoms with van der Waals surface area (Å²) in [6.45, 7) is 8.32. The molecule has 1 aliphatic rings. The number of aromatic nitrogens is 1. The number of hydrogen-bond donors (Lipinski definition) is 0. The van der Waals surface area contributed by atoms with E-state index >= 15 is 0 Å². The van der Waals surface area contributed by atoms with Gasteiger partial charge in [-0.2, -0.15) is 0 Å². The maximum Gasteiger partial charge on any atom is 0.340 e. The quantitative estimate of drug-likeness (QED) is 0.373. The lowest BCUT2D eigenvalue weighted by molar-refractivity contribution is 0.0600. The van der Waals surface area contributed by atoms with Crippen LogP contribution < -0.4 is 0 Å². The summed E-state index contributed by atoms with van der Waals surface area (Å²) in [5, 5.41) is 1.14. The molecule has 0 aliphatic heterocycles. The molecule has 25 heavy (non-hydrogen) atoms. The maximum atomic E-state index is 12.3. The van der Waals surface area contributed by atoms with Crippen molar-refractivity contribution in [3.8, 4) is 0 Å². The van der Waals surface area contributed by atoms with Crippen molar-refractivity contribution in [1.82, 2.24) is 4.57 Å². The third-order valence-corrected chi connectivity index (χ3v) is 7.20. The minimum atomic E-state index is -1.11. The molecule has 136 valence electrons. The second-order valence-electron chi connectivity index (χ2n) is 7.86. The number of rotatable bonds is 6. The van der Waals surface area contributed by atoms with Crippen molar-refractivity contribution < 1.29 is 14.3 Å². The number of nitrogens with zero attached hydrogens (tertiary/aromatic N) is 1. The predicted octanol–water partition coefficient (Wildman–Crippen LogP) is 4.99. The van der Waals surface area contributed by atoms with Gasteiger partial charge in [-0.05, 0) is 43.0 Å². The number of aryl methyl sites for hydroxylation is 1. The minimum Gasteiger partial charge on any atom is -0.465 e. The summed E-state index contributed by atoms with van der Waals surface area (Å²) in [4.78, 5) is 12.3. The summed E-state index contributed by atoms with van der Waals surface area (Å²) in [6, 6.07) is 4.93. The highest BCUT2D eigenvalue weighted by molar-refractivity contribution is 9.10. The lowest BCUT2D eigenvalue weighted by atomic mass is 10.1. The number of methoxy groups -OCH3 is 1. The Morgan fingerprint density at radius 3 is 2.72 bits per heavy atom. The Bertz CT molecular complexity index is 807. The molecule has 3 rings (SSSR count). The fraction of sp³-hybridized carbons (Fsp3) is 0.526. The Balaban J connectivity index is 2.01. The number of ether oxygens (including phenoxy) is 2. The van der Waals surface area contributed by atoms with Gasteiger partial charge in [0.15, 0.2) is 0 Å². The third kappa shape index (κ3) is 3.71. The van der Waals surface area contributed by atoms with Crippen LogP contribution in [0.15, 0.2) is 16.6 Å². The van der Waals surface area contributed by atoms with E-state index in [4.69, 9.17) is 9.47 Å². The zero-order valence-corrected chi connectivity index (χ0v) is 18.0. The Hall–Kier alpha value is -1.11. The van der Waals surface area contributed by atoms with Crippen LogP contribution in [-0.4, -0.2) is 32.3 Å². The molecule has 0 saturated heterocycles. The monoisotopic (exact) mass is 423 g/mol. The number of carbonyl (C=O) groups is 1. The standard InChI is InChI=1S/C19H26BrNO3Si/c1-23-19(22)14-8-9-15(20)17-13-6-5-7-16(13)21(18(14)17)12-24-10-11-25(2,3)4/h8-9H,5-7,10-12H2,1-4H3. The molecule has 1 aromatic carbocycles. The van der Waals surface area contributed by atoms with Crippen molar-refractivity contribution in [3.05, 3.63) is 33.4 Å². The van der Waals surface area contributed by atoms with Gasteiger partial charge in [-0.15, -0.1) is 0 Å². The zero-order chi connectivity index (χ0) is 18.2. The van der Waals surface area contributed by atoms with Crippen molar-refractivity contribution in [2.24, 2.45) is 0 Å². The van der Waals surface area contributed by atoms with Gasteiger partial charge < -0.3 is 14.0 Å². The summed E-state index contributed by atoms with van der Waals surface area (Å²) in [7, 11) is 0.319. The van der Waals surface area contributed by atoms with E-state index in [2.05, 4.69) is 40.1 Å². The van der Waals surface area contributed by atoms with Crippen LogP contribution in [0.25, 0.3) is 10.9 Å². The van der Waals surface area contributed by atoms with Gasteiger partial charge in [0, 0.05) is 30.2 Å². The van der Waals surface area contributed by atoms with Crippen LogP contribution in [0.4, 0.5) is 0 Å². The van der Waals surface area contributed by atoms with Crippen molar-refractivity contribution in [2.75, 3.05) is 13.7 Å². The Kier molecular flexibility index (Phi) is 5.41. The molecular weight excluding hydrogens is 398 g/mol. The van der Waals surface area contributed by atoms with Crippen LogP contribution >= 0.6 is 15.9 Å². The Morgan fingerprint density at radius 2 is 2.04 bits per heavy atom. The first kappa shape index (κ1) is 18.7. The molecule has 1 aliphatic carbocycles. The van der Waals surface area contributed by atoms with Gasteiger partial charge in [-0.3, -0.25) is 0 Å². The molecule has 0 atom stereocenters. The molecule has 0 fully saturated rings. The average Bonchev–Trinajstić information content (AvgIpc) is 3.12. The number of hydrogen-bond acceptors (Lipinski definition) is 3. The summed E-state index contributed by atoms with van der Waals surface area (Å²) in [5.74, 6) is -0.294.